The van der Waals surface area contributed by atoms with E-state index in [-0.39, 0.29) is 31.8 Å². The molecule has 3 rings (SSSR count). The zero-order valence-corrected chi connectivity index (χ0v) is 19.0. The molecule has 2 atom stereocenters. The van der Waals surface area contributed by atoms with Gasteiger partial charge in [-0.1, -0.05) is 38.3 Å². The predicted molar refractivity (Wildman–Crippen MR) is 121 cm³/mol. The fourth-order valence-electron chi connectivity index (χ4n) is 4.73. The number of ether oxygens (including phenoxy) is 1. The number of fused-ring (bicyclic) bond motifs is 1. The van der Waals surface area contributed by atoms with Crippen molar-refractivity contribution in [3.05, 3.63) is 29.5 Å². The van der Waals surface area contributed by atoms with E-state index in [1.165, 1.54) is 19.3 Å². The summed E-state index contributed by atoms with van der Waals surface area (Å²) in [4.78, 5) is 23.8. The third-order valence-electron chi connectivity index (χ3n) is 6.45. The van der Waals surface area contributed by atoms with Crippen LogP contribution in [0, 0.1) is 17.2 Å². The van der Waals surface area contributed by atoms with E-state index in [0.29, 0.717) is 6.04 Å². The minimum absolute atomic E-state index is 0.0961. The van der Waals surface area contributed by atoms with E-state index >= 15 is 0 Å². The van der Waals surface area contributed by atoms with E-state index in [4.69, 9.17) is 14.9 Å². The molecule has 0 spiro atoms. The lowest BCUT2D eigenvalue weighted by molar-refractivity contribution is -0.145. The highest BCUT2D eigenvalue weighted by atomic mass is 16.5. The number of esters is 1. The maximum Gasteiger partial charge on any atom is 0.313 e. The first kappa shape index (κ1) is 23.8. The number of nitrogens with zero attached hydrogens (tertiary/aromatic N) is 3. The summed E-state index contributed by atoms with van der Waals surface area (Å²) in [7, 11) is 0. The summed E-state index contributed by atoms with van der Waals surface area (Å²) < 4.78 is 7.47. The highest BCUT2D eigenvalue weighted by Gasteiger charge is 2.28. The standard InChI is InChI=1S/C25H33N3O4/c1-3-22-20-12-11-18(15-23(20)28(27-22)19-8-6-5-7-9-19)21(25(31)32-4-2)14-17(16-26)10-13-24(29)30/h11-12,15,17,19,21H,3-10,13-14H2,1-2H3,(H,29,30). The Bertz CT molecular complexity index is 985. The van der Waals surface area contributed by atoms with Crippen LogP contribution in [0.3, 0.4) is 0 Å². The summed E-state index contributed by atoms with van der Waals surface area (Å²) in [6, 6.07) is 8.54. The lowest BCUT2D eigenvalue weighted by Gasteiger charge is -2.23. The number of carbonyl (C=O) groups is 2. The van der Waals surface area contributed by atoms with Gasteiger partial charge in [0.15, 0.2) is 0 Å². The topological polar surface area (TPSA) is 105 Å². The average molecular weight is 440 g/mol. The molecule has 0 amide bonds. The first-order valence-electron chi connectivity index (χ1n) is 11.8. The van der Waals surface area contributed by atoms with E-state index in [9.17, 15) is 14.9 Å². The van der Waals surface area contributed by atoms with Gasteiger partial charge in [0.1, 0.15) is 0 Å². The molecule has 1 aliphatic rings. The molecule has 172 valence electrons. The number of benzene rings is 1. The van der Waals surface area contributed by atoms with Crippen molar-refractivity contribution in [3.63, 3.8) is 0 Å². The Balaban J connectivity index is 1.98. The third-order valence-corrected chi connectivity index (χ3v) is 6.45. The number of carboxylic acid groups (broad SMARTS) is 1. The van der Waals surface area contributed by atoms with Gasteiger partial charge in [-0.05, 0) is 50.7 Å². The van der Waals surface area contributed by atoms with Gasteiger partial charge in [0.05, 0.1) is 35.8 Å². The van der Waals surface area contributed by atoms with Crippen LogP contribution in [0.15, 0.2) is 18.2 Å². The molecule has 1 aromatic heterocycles. The summed E-state index contributed by atoms with van der Waals surface area (Å²) in [6.07, 6.45) is 7.07. The van der Waals surface area contributed by atoms with E-state index in [0.717, 1.165) is 41.4 Å². The Labute approximate surface area is 189 Å². The van der Waals surface area contributed by atoms with E-state index in [2.05, 4.69) is 17.7 Å². The van der Waals surface area contributed by atoms with Gasteiger partial charge in [0.2, 0.25) is 0 Å². The van der Waals surface area contributed by atoms with Crippen LogP contribution in [0.2, 0.25) is 0 Å². The summed E-state index contributed by atoms with van der Waals surface area (Å²) in [6.45, 7) is 4.11. The van der Waals surface area contributed by atoms with Crippen LogP contribution >= 0.6 is 0 Å². The molecule has 1 fully saturated rings. The minimum atomic E-state index is -0.942. The Hall–Kier alpha value is -2.88. The van der Waals surface area contributed by atoms with Crippen molar-refractivity contribution in [2.24, 2.45) is 5.92 Å². The smallest absolute Gasteiger partial charge is 0.313 e. The molecule has 0 radical (unpaired) electrons. The van der Waals surface area contributed by atoms with Crippen molar-refractivity contribution in [1.82, 2.24) is 9.78 Å². The predicted octanol–water partition coefficient (Wildman–Crippen LogP) is 5.15. The summed E-state index contributed by atoms with van der Waals surface area (Å²) in [5.41, 5.74) is 2.88. The fourth-order valence-corrected chi connectivity index (χ4v) is 4.73. The Kier molecular flexibility index (Phi) is 8.26. The van der Waals surface area contributed by atoms with Crippen LogP contribution < -0.4 is 0 Å². The van der Waals surface area contributed by atoms with Gasteiger partial charge in [-0.2, -0.15) is 10.4 Å². The molecule has 1 aliphatic carbocycles. The summed E-state index contributed by atoms with van der Waals surface area (Å²) in [5.74, 6) is -2.46. The molecular weight excluding hydrogens is 406 g/mol. The number of nitriles is 1. The molecule has 2 aromatic rings. The molecule has 0 saturated heterocycles. The van der Waals surface area contributed by atoms with Crippen molar-refractivity contribution < 1.29 is 19.4 Å². The second-order valence-corrected chi connectivity index (χ2v) is 8.61. The van der Waals surface area contributed by atoms with Crippen LogP contribution in [0.25, 0.3) is 10.9 Å². The third kappa shape index (κ3) is 5.48. The molecule has 1 heterocycles. The number of hydrogen-bond donors (Lipinski definition) is 1. The lowest BCUT2D eigenvalue weighted by Crippen LogP contribution is -2.20. The Morgan fingerprint density at radius 1 is 1.28 bits per heavy atom. The SMILES string of the molecule is CCOC(=O)C(CC(C#N)CCC(=O)O)c1ccc2c(CC)nn(C3CCCCC3)c2c1. The van der Waals surface area contributed by atoms with Gasteiger partial charge in [-0.15, -0.1) is 0 Å². The first-order valence-corrected chi connectivity index (χ1v) is 11.8. The van der Waals surface area contributed by atoms with Crippen molar-refractivity contribution in [1.29, 1.82) is 5.26 Å². The van der Waals surface area contributed by atoms with Crippen LogP contribution in [0.4, 0.5) is 0 Å². The molecule has 0 aliphatic heterocycles. The van der Waals surface area contributed by atoms with Crippen molar-refractivity contribution >= 4 is 22.8 Å². The maximum absolute atomic E-state index is 12.8. The van der Waals surface area contributed by atoms with Crippen molar-refractivity contribution in [2.45, 2.75) is 83.6 Å². The highest BCUT2D eigenvalue weighted by Crippen LogP contribution is 2.35. The van der Waals surface area contributed by atoms with Gasteiger partial charge in [0.25, 0.3) is 0 Å². The molecular formula is C25H33N3O4. The molecule has 1 saturated carbocycles. The Morgan fingerprint density at radius 2 is 2.03 bits per heavy atom. The largest absolute Gasteiger partial charge is 0.481 e. The van der Waals surface area contributed by atoms with Gasteiger partial charge >= 0.3 is 11.9 Å². The quantitative estimate of drug-likeness (QED) is 0.514. The minimum Gasteiger partial charge on any atom is -0.481 e. The monoisotopic (exact) mass is 439 g/mol. The van der Waals surface area contributed by atoms with E-state index < -0.39 is 17.8 Å². The van der Waals surface area contributed by atoms with Crippen LogP contribution in [-0.4, -0.2) is 33.4 Å². The normalized spacial score (nSPS) is 16.4. The van der Waals surface area contributed by atoms with E-state index in [1.54, 1.807) is 6.92 Å². The zero-order valence-electron chi connectivity index (χ0n) is 19.0. The second-order valence-electron chi connectivity index (χ2n) is 8.61. The van der Waals surface area contributed by atoms with Gasteiger partial charge in [0, 0.05) is 17.7 Å². The number of carbonyl (C=O) groups excluding carboxylic acids is 1. The van der Waals surface area contributed by atoms with Crippen LogP contribution in [0.1, 0.15) is 88.4 Å². The van der Waals surface area contributed by atoms with Gasteiger partial charge in [-0.25, -0.2) is 0 Å². The molecule has 1 aromatic carbocycles. The van der Waals surface area contributed by atoms with Gasteiger partial charge < -0.3 is 9.84 Å². The lowest BCUT2D eigenvalue weighted by atomic mass is 9.86. The molecule has 32 heavy (non-hydrogen) atoms. The Morgan fingerprint density at radius 3 is 2.66 bits per heavy atom. The number of rotatable bonds is 10. The van der Waals surface area contributed by atoms with Gasteiger partial charge in [-0.3, -0.25) is 14.3 Å². The van der Waals surface area contributed by atoms with Crippen molar-refractivity contribution in [3.8, 4) is 6.07 Å². The summed E-state index contributed by atoms with van der Waals surface area (Å²) >= 11 is 0. The average Bonchev–Trinajstić information content (AvgIpc) is 3.18. The molecule has 0 bridgehead atoms. The second kappa shape index (κ2) is 11.1. The summed E-state index contributed by atoms with van der Waals surface area (Å²) in [5, 5.41) is 24.6. The number of hydrogen-bond acceptors (Lipinski definition) is 5. The highest BCUT2D eigenvalue weighted by molar-refractivity contribution is 5.85. The number of carboxylic acids is 1. The number of aryl methyl sites for hydroxylation is 1. The van der Waals surface area contributed by atoms with Crippen LogP contribution in [-0.2, 0) is 20.7 Å². The van der Waals surface area contributed by atoms with Crippen LogP contribution in [0.5, 0.6) is 0 Å². The molecule has 7 heteroatoms. The van der Waals surface area contributed by atoms with Crippen molar-refractivity contribution in [2.75, 3.05) is 6.61 Å². The molecule has 2 unspecified atom stereocenters. The number of aliphatic carboxylic acids is 1. The molecule has 1 N–H and O–H groups in total. The zero-order chi connectivity index (χ0) is 23.1. The van der Waals surface area contributed by atoms with E-state index in [1.807, 2.05) is 18.2 Å². The number of aromatic nitrogens is 2. The molecule has 7 nitrogen and oxygen atoms in total. The first-order chi connectivity index (χ1) is 15.5. The fraction of sp³-hybridized carbons (Fsp3) is 0.600. The maximum atomic E-state index is 12.8.